The summed E-state index contributed by atoms with van der Waals surface area (Å²) in [6, 6.07) is 0. The van der Waals surface area contributed by atoms with Crippen molar-refractivity contribution in [3.63, 3.8) is 0 Å². The molecule has 2 heteroatoms. The molecular formula is C25H42O2. The van der Waals surface area contributed by atoms with E-state index in [0.29, 0.717) is 6.42 Å². The molecule has 0 bridgehead atoms. The van der Waals surface area contributed by atoms with E-state index < -0.39 is 11.2 Å². The fourth-order valence-corrected chi connectivity index (χ4v) is 2.61. The van der Waals surface area contributed by atoms with E-state index in [2.05, 4.69) is 70.2 Å². The van der Waals surface area contributed by atoms with Gasteiger partial charge in [0, 0.05) is 5.92 Å². The van der Waals surface area contributed by atoms with E-state index in [1.807, 2.05) is 27.7 Å². The first kappa shape index (κ1) is 25.6. The minimum atomic E-state index is -0.803. The van der Waals surface area contributed by atoms with Crippen LogP contribution in [-0.2, 0) is 0 Å². The SMILES string of the molecule is C/C=C(\C)CC/C=C(C)/C=C/C=C(C)/C=C/[C@H](CCC(C)(C)O)C(C)(C)O. The van der Waals surface area contributed by atoms with E-state index in [1.165, 1.54) is 11.1 Å². The van der Waals surface area contributed by atoms with Crippen molar-refractivity contribution in [2.45, 2.75) is 92.3 Å². The maximum atomic E-state index is 10.4. The minimum absolute atomic E-state index is 0.00717. The van der Waals surface area contributed by atoms with Crippen LogP contribution in [0.3, 0.4) is 0 Å². The molecule has 0 aliphatic carbocycles. The van der Waals surface area contributed by atoms with Crippen LogP contribution in [0.25, 0.3) is 0 Å². The van der Waals surface area contributed by atoms with Gasteiger partial charge in [0.2, 0.25) is 0 Å². The Morgan fingerprint density at radius 1 is 0.963 bits per heavy atom. The molecule has 0 radical (unpaired) electrons. The lowest BCUT2D eigenvalue weighted by Crippen LogP contribution is -2.31. The minimum Gasteiger partial charge on any atom is -0.390 e. The van der Waals surface area contributed by atoms with Gasteiger partial charge in [0.15, 0.2) is 0 Å². The molecule has 0 amide bonds. The monoisotopic (exact) mass is 374 g/mol. The Labute approximate surface area is 168 Å². The number of hydrogen-bond acceptors (Lipinski definition) is 2. The highest BCUT2D eigenvalue weighted by molar-refractivity contribution is 5.27. The number of rotatable bonds is 11. The summed E-state index contributed by atoms with van der Waals surface area (Å²) in [7, 11) is 0. The molecule has 0 aromatic rings. The molecule has 0 aromatic heterocycles. The van der Waals surface area contributed by atoms with E-state index in [0.717, 1.165) is 24.8 Å². The van der Waals surface area contributed by atoms with Crippen LogP contribution in [0.4, 0.5) is 0 Å². The first-order chi connectivity index (χ1) is 12.3. The van der Waals surface area contributed by atoms with Crippen LogP contribution in [0.1, 0.15) is 81.1 Å². The van der Waals surface area contributed by atoms with Gasteiger partial charge < -0.3 is 10.2 Å². The molecule has 0 saturated carbocycles. The van der Waals surface area contributed by atoms with E-state index in [-0.39, 0.29) is 5.92 Å². The summed E-state index contributed by atoms with van der Waals surface area (Å²) in [6.45, 7) is 15.7. The molecule has 0 aromatic carbocycles. The molecule has 2 N–H and O–H groups in total. The van der Waals surface area contributed by atoms with Gasteiger partial charge in [-0.25, -0.2) is 0 Å². The van der Waals surface area contributed by atoms with E-state index in [9.17, 15) is 10.2 Å². The van der Waals surface area contributed by atoms with Crippen LogP contribution in [0.2, 0.25) is 0 Å². The fraction of sp³-hybridized carbons (Fsp3) is 0.600. The third kappa shape index (κ3) is 14.4. The Morgan fingerprint density at radius 2 is 1.59 bits per heavy atom. The van der Waals surface area contributed by atoms with Gasteiger partial charge >= 0.3 is 0 Å². The molecule has 0 fully saturated rings. The van der Waals surface area contributed by atoms with Crippen LogP contribution < -0.4 is 0 Å². The van der Waals surface area contributed by atoms with Crippen molar-refractivity contribution in [2.24, 2.45) is 5.92 Å². The van der Waals surface area contributed by atoms with Crippen LogP contribution in [0, 0.1) is 5.92 Å². The molecule has 0 aliphatic heterocycles. The molecule has 0 heterocycles. The maximum Gasteiger partial charge on any atom is 0.0654 e. The summed E-state index contributed by atoms with van der Waals surface area (Å²) >= 11 is 0. The first-order valence-corrected chi connectivity index (χ1v) is 10.1. The molecule has 1 atom stereocenters. The smallest absolute Gasteiger partial charge is 0.0654 e. The highest BCUT2D eigenvalue weighted by Crippen LogP contribution is 2.26. The van der Waals surface area contributed by atoms with Crippen molar-refractivity contribution in [2.75, 3.05) is 0 Å². The van der Waals surface area contributed by atoms with Gasteiger partial charge in [-0.2, -0.15) is 0 Å². The van der Waals surface area contributed by atoms with Gasteiger partial charge in [0.05, 0.1) is 11.2 Å². The number of aliphatic hydroxyl groups is 2. The molecule has 0 spiro atoms. The molecule has 27 heavy (non-hydrogen) atoms. The quantitative estimate of drug-likeness (QED) is 0.313. The average Bonchev–Trinajstić information content (AvgIpc) is 2.52. The highest BCUT2D eigenvalue weighted by Gasteiger charge is 2.26. The Hall–Kier alpha value is -1.38. The van der Waals surface area contributed by atoms with Crippen molar-refractivity contribution < 1.29 is 10.2 Å². The molecule has 154 valence electrons. The zero-order valence-electron chi connectivity index (χ0n) is 18.8. The second-order valence-corrected chi connectivity index (χ2v) is 8.86. The molecule has 0 unspecified atom stereocenters. The van der Waals surface area contributed by atoms with Gasteiger partial charge in [-0.15, -0.1) is 0 Å². The third-order valence-electron chi connectivity index (χ3n) is 4.78. The summed E-state index contributed by atoms with van der Waals surface area (Å²) in [4.78, 5) is 0. The highest BCUT2D eigenvalue weighted by atomic mass is 16.3. The van der Waals surface area contributed by atoms with Crippen molar-refractivity contribution in [1.29, 1.82) is 0 Å². The normalized spacial score (nSPS) is 16.6. The Balaban J connectivity index is 4.80. The van der Waals surface area contributed by atoms with Gasteiger partial charge in [0.25, 0.3) is 0 Å². The molecule has 0 rings (SSSR count). The van der Waals surface area contributed by atoms with Gasteiger partial charge in [-0.3, -0.25) is 0 Å². The van der Waals surface area contributed by atoms with Gasteiger partial charge in [0.1, 0.15) is 0 Å². The molecule has 2 nitrogen and oxygen atoms in total. The summed E-state index contributed by atoms with van der Waals surface area (Å²) < 4.78 is 0. The summed E-state index contributed by atoms with van der Waals surface area (Å²) in [6.07, 6.45) is 18.4. The van der Waals surface area contributed by atoms with Crippen molar-refractivity contribution in [3.8, 4) is 0 Å². The second kappa shape index (κ2) is 12.2. The van der Waals surface area contributed by atoms with E-state index in [1.54, 1.807) is 0 Å². The summed E-state index contributed by atoms with van der Waals surface area (Å²) in [5.74, 6) is 0.00717. The zero-order chi connectivity index (χ0) is 21.1. The van der Waals surface area contributed by atoms with Crippen LogP contribution in [0.15, 0.2) is 59.3 Å². The molecule has 0 saturated heterocycles. The topological polar surface area (TPSA) is 40.5 Å². The predicted molar refractivity (Wildman–Crippen MR) is 120 cm³/mol. The predicted octanol–water partition coefficient (Wildman–Crippen LogP) is 6.68. The summed E-state index contributed by atoms with van der Waals surface area (Å²) in [5.41, 5.74) is 2.32. The zero-order valence-corrected chi connectivity index (χ0v) is 18.8. The van der Waals surface area contributed by atoms with Gasteiger partial charge in [-0.1, -0.05) is 59.3 Å². The van der Waals surface area contributed by atoms with Crippen molar-refractivity contribution in [3.05, 3.63) is 59.3 Å². The van der Waals surface area contributed by atoms with Crippen molar-refractivity contribution in [1.82, 2.24) is 0 Å². The summed E-state index contributed by atoms with van der Waals surface area (Å²) in [5, 5.41) is 20.3. The van der Waals surface area contributed by atoms with Crippen LogP contribution in [-0.4, -0.2) is 21.4 Å². The van der Waals surface area contributed by atoms with Gasteiger partial charge in [-0.05, 0) is 81.1 Å². The van der Waals surface area contributed by atoms with E-state index >= 15 is 0 Å². The largest absolute Gasteiger partial charge is 0.390 e. The Morgan fingerprint density at radius 3 is 2.11 bits per heavy atom. The van der Waals surface area contributed by atoms with Crippen LogP contribution in [0.5, 0.6) is 0 Å². The lowest BCUT2D eigenvalue weighted by molar-refractivity contribution is 0.0140. The Kier molecular flexibility index (Phi) is 11.5. The fourth-order valence-electron chi connectivity index (χ4n) is 2.61. The molecular weight excluding hydrogens is 332 g/mol. The Bertz CT molecular complexity index is 572. The second-order valence-electron chi connectivity index (χ2n) is 8.86. The number of allylic oxidation sites excluding steroid dienone is 9. The average molecular weight is 375 g/mol. The first-order valence-electron chi connectivity index (χ1n) is 10.1. The standard InChI is InChI=1S/C25H42O2/c1-9-20(2)12-10-13-21(3)14-11-15-22(4)16-17-23(25(7,8)27)18-19-24(5,6)26/h9,11,13-17,23,26-27H,10,12,18-19H2,1-8H3/b14-11+,17-16+,20-9+,21-13+,22-15+/t23-/m1/s1. The van der Waals surface area contributed by atoms with Crippen LogP contribution >= 0.6 is 0 Å². The molecule has 0 aliphatic rings. The lowest BCUT2D eigenvalue weighted by atomic mass is 9.84. The third-order valence-corrected chi connectivity index (χ3v) is 4.78. The number of hydrogen-bond donors (Lipinski definition) is 2. The maximum absolute atomic E-state index is 10.4. The van der Waals surface area contributed by atoms with Crippen molar-refractivity contribution >= 4 is 0 Å². The lowest BCUT2D eigenvalue weighted by Gasteiger charge is -2.29. The van der Waals surface area contributed by atoms with E-state index in [4.69, 9.17) is 0 Å².